The number of ether oxygens (including phenoxy) is 2. The van der Waals surface area contributed by atoms with Crippen LogP contribution < -0.4 is 41.4 Å². The third-order valence-corrected chi connectivity index (χ3v) is 20.9. The van der Waals surface area contributed by atoms with E-state index in [9.17, 15) is 28.8 Å². The molecule has 6 N–H and O–H groups in total. The van der Waals surface area contributed by atoms with E-state index in [1.807, 2.05) is 227 Å². The zero-order chi connectivity index (χ0) is 78.5. The molecule has 112 heavy (non-hydrogen) atoms. The first-order valence-corrected chi connectivity index (χ1v) is 37.2. The number of carbonyl (C=O) groups excluding carboxylic acids is 6. The fourth-order valence-electron chi connectivity index (χ4n) is 15.3. The van der Waals surface area contributed by atoms with Gasteiger partial charge in [-0.1, -0.05) is 156 Å². The summed E-state index contributed by atoms with van der Waals surface area (Å²) in [6, 6.07) is 51.6. The molecule has 0 saturated carbocycles. The van der Waals surface area contributed by atoms with Crippen LogP contribution in [0.2, 0.25) is 0 Å². The Kier molecular flexibility index (Phi) is 20.0. The maximum absolute atomic E-state index is 14.6. The minimum absolute atomic E-state index is 0.0875. The number of Topliss-reactive ketones (excluding diaryl/α,β-unsaturated/α-hetero) is 4. The third kappa shape index (κ3) is 14.2. The number of benzene rings is 8. The Labute approximate surface area is 648 Å². The van der Waals surface area contributed by atoms with Crippen molar-refractivity contribution in [3.63, 3.8) is 0 Å². The van der Waals surface area contributed by atoms with Crippen molar-refractivity contribution in [3.05, 3.63) is 306 Å². The molecule has 10 aromatic rings. The lowest BCUT2D eigenvalue weighted by Gasteiger charge is -2.45. The molecule has 0 spiro atoms. The molecule has 0 saturated heterocycles. The predicted molar refractivity (Wildman–Crippen MR) is 435 cm³/mol. The Hall–Kier alpha value is -13.8. The van der Waals surface area contributed by atoms with Gasteiger partial charge in [-0.3, -0.25) is 28.8 Å². The van der Waals surface area contributed by atoms with Gasteiger partial charge in [-0.15, -0.1) is 0 Å². The highest BCUT2D eigenvalue weighted by molar-refractivity contribution is 6.34. The minimum atomic E-state index is -0.568. The fraction of sp³-hybridized carbons (Fsp3) is 0.200. The van der Waals surface area contributed by atoms with Gasteiger partial charge in [0, 0.05) is 107 Å². The maximum atomic E-state index is 14.6. The number of hydrogen-bond donors (Lipinski definition) is 6. The van der Waals surface area contributed by atoms with Crippen LogP contribution in [-0.4, -0.2) is 114 Å². The van der Waals surface area contributed by atoms with E-state index >= 15 is 0 Å². The van der Waals surface area contributed by atoms with Gasteiger partial charge < -0.3 is 51.2 Å². The normalized spacial score (nSPS) is 17.1. The number of aromatic nitrogens is 6. The highest BCUT2D eigenvalue weighted by atomic mass is 16.5. The molecular formula is C90H82N14O8. The highest BCUT2D eigenvalue weighted by Gasteiger charge is 2.52. The second-order valence-corrected chi connectivity index (χ2v) is 28.8. The van der Waals surface area contributed by atoms with Crippen LogP contribution in [0.3, 0.4) is 0 Å². The standard InChI is InChI=1S/2C45H41N7O4/c2*1-7-46-43-49-44(51-45(50-43)56-29-17-15-24(2)16-18-29)48-34-23-33(26(4)22-27(34)5)47-32-19-20-35-38-36(30-13-8-9-14-31(30)41(54)37(32)38)39(42(55)52(35)6)40(53)28-12-10-11-25(3)21-28/h2*8-23,35,38,47H,7H2,1-6H3,(H2,46,48,49,50,51). The molecule has 8 aromatic carbocycles. The van der Waals surface area contributed by atoms with Gasteiger partial charge >= 0.3 is 12.0 Å². The molecule has 4 heterocycles. The van der Waals surface area contributed by atoms with E-state index in [0.717, 1.165) is 67.3 Å². The maximum Gasteiger partial charge on any atom is 0.328 e. The molecule has 4 atom stereocenters. The Bertz CT molecular complexity index is 5460. The van der Waals surface area contributed by atoms with E-state index in [1.54, 1.807) is 60.3 Å². The first-order chi connectivity index (χ1) is 54.0. The zero-order valence-electron chi connectivity index (χ0n) is 64.0. The Morgan fingerprint density at radius 2 is 0.741 bits per heavy atom. The number of anilines is 8. The van der Waals surface area contributed by atoms with Crippen molar-refractivity contribution >= 4 is 92.6 Å². The number of fused-ring (bicyclic) bond motifs is 4. The summed E-state index contributed by atoms with van der Waals surface area (Å²) >= 11 is 0. The molecule has 22 nitrogen and oxygen atoms in total. The molecule has 560 valence electrons. The lowest BCUT2D eigenvalue weighted by Crippen LogP contribution is -2.51. The number of likely N-dealkylation sites (N-methyl/N-ethyl adjacent to an activating group) is 2. The van der Waals surface area contributed by atoms with E-state index in [-0.39, 0.29) is 70.0 Å². The van der Waals surface area contributed by atoms with Gasteiger partial charge in [-0.2, -0.15) is 29.9 Å². The van der Waals surface area contributed by atoms with Gasteiger partial charge in [-0.05, 0) is 174 Å². The summed E-state index contributed by atoms with van der Waals surface area (Å²) in [6.07, 6.45) is 7.61. The number of ketones is 4. The van der Waals surface area contributed by atoms with Crippen LogP contribution in [0.1, 0.15) is 111 Å². The van der Waals surface area contributed by atoms with Gasteiger partial charge in [-0.25, -0.2) is 0 Å². The molecule has 4 unspecified atom stereocenters. The molecule has 2 amide bonds. The topological polar surface area (TPSA) is 277 Å². The quantitative estimate of drug-likeness (QED) is 0.0305. The largest absolute Gasteiger partial charge is 0.424 e. The summed E-state index contributed by atoms with van der Waals surface area (Å²) in [5.41, 5.74) is 17.2. The lowest BCUT2D eigenvalue weighted by atomic mass is 9.65. The minimum Gasteiger partial charge on any atom is -0.424 e. The first kappa shape index (κ1) is 73.7. The van der Waals surface area contributed by atoms with Crippen molar-refractivity contribution in [1.29, 1.82) is 0 Å². The van der Waals surface area contributed by atoms with E-state index in [1.165, 1.54) is 0 Å². The molecule has 0 radical (unpaired) electrons. The number of carbonyl (C=O) groups is 6. The van der Waals surface area contributed by atoms with E-state index in [2.05, 4.69) is 61.8 Å². The lowest BCUT2D eigenvalue weighted by molar-refractivity contribution is -0.128. The average Bonchev–Trinajstić information content (AvgIpc) is 0.711. The van der Waals surface area contributed by atoms with E-state index in [0.29, 0.717) is 104 Å². The van der Waals surface area contributed by atoms with Crippen molar-refractivity contribution in [2.75, 3.05) is 59.1 Å². The number of aryl methyl sites for hydroxylation is 8. The summed E-state index contributed by atoms with van der Waals surface area (Å²) in [4.78, 5) is 116. The Balaban J connectivity index is 0.000000177. The van der Waals surface area contributed by atoms with Gasteiger partial charge in [0.15, 0.2) is 23.1 Å². The van der Waals surface area contributed by atoms with Crippen LogP contribution in [0.15, 0.2) is 228 Å². The van der Waals surface area contributed by atoms with E-state index < -0.39 is 23.9 Å². The van der Waals surface area contributed by atoms with Gasteiger partial charge in [0.2, 0.25) is 23.8 Å². The molecule has 0 bridgehead atoms. The molecule has 16 rings (SSSR count). The Morgan fingerprint density at radius 3 is 1.11 bits per heavy atom. The van der Waals surface area contributed by atoms with E-state index in [4.69, 9.17) is 9.47 Å². The predicted octanol–water partition coefficient (Wildman–Crippen LogP) is 16.6. The summed E-state index contributed by atoms with van der Waals surface area (Å²) < 4.78 is 12.0. The van der Waals surface area contributed by atoms with Crippen LogP contribution in [0.4, 0.5) is 46.5 Å². The van der Waals surface area contributed by atoms with Crippen LogP contribution in [-0.2, 0) is 9.59 Å². The number of hydrogen-bond acceptors (Lipinski definition) is 20. The van der Waals surface area contributed by atoms with Gasteiger partial charge in [0.25, 0.3) is 11.8 Å². The van der Waals surface area contributed by atoms with Crippen LogP contribution in [0.25, 0.3) is 11.1 Å². The van der Waals surface area contributed by atoms with Crippen molar-refractivity contribution in [2.45, 2.75) is 81.3 Å². The summed E-state index contributed by atoms with van der Waals surface area (Å²) in [7, 11) is 3.39. The summed E-state index contributed by atoms with van der Waals surface area (Å²) in [6.45, 7) is 20.9. The van der Waals surface area contributed by atoms with Crippen molar-refractivity contribution in [1.82, 2.24) is 39.7 Å². The second-order valence-electron chi connectivity index (χ2n) is 28.8. The molecule has 2 aliphatic heterocycles. The molecule has 0 fully saturated rings. The van der Waals surface area contributed by atoms with Gasteiger partial charge in [0.1, 0.15) is 11.5 Å². The number of nitrogens with one attached hydrogen (secondary N) is 6. The molecule has 2 aromatic heterocycles. The monoisotopic (exact) mass is 1490 g/mol. The molecule has 6 aliphatic rings. The van der Waals surface area contributed by atoms with Crippen LogP contribution >= 0.6 is 0 Å². The second kappa shape index (κ2) is 30.4. The summed E-state index contributed by atoms with van der Waals surface area (Å²) in [5.74, 6) is -0.408. The summed E-state index contributed by atoms with van der Waals surface area (Å²) in [5, 5.41) is 20.2. The average molecular weight is 1490 g/mol. The van der Waals surface area contributed by atoms with Crippen molar-refractivity contribution in [2.24, 2.45) is 11.8 Å². The van der Waals surface area contributed by atoms with Crippen molar-refractivity contribution in [3.8, 4) is 23.5 Å². The number of rotatable bonds is 20. The molecular weight excluding hydrogens is 1410 g/mol. The van der Waals surface area contributed by atoms with Crippen LogP contribution in [0.5, 0.6) is 23.5 Å². The van der Waals surface area contributed by atoms with Gasteiger partial charge in [0.05, 0.1) is 23.2 Å². The third-order valence-electron chi connectivity index (χ3n) is 20.9. The smallest absolute Gasteiger partial charge is 0.328 e. The zero-order valence-corrected chi connectivity index (χ0v) is 64.0. The molecule has 4 aliphatic carbocycles. The number of amides is 2. The van der Waals surface area contributed by atoms with Crippen molar-refractivity contribution < 1.29 is 38.2 Å². The van der Waals surface area contributed by atoms with Crippen LogP contribution in [0, 0.1) is 67.2 Å². The molecule has 22 heteroatoms. The highest BCUT2D eigenvalue weighted by Crippen LogP contribution is 2.53. The number of nitrogens with zero attached hydrogens (tertiary/aromatic N) is 8. The fourth-order valence-corrected chi connectivity index (χ4v) is 15.3. The number of allylic oxidation sites excluding steroid dienone is 2. The Morgan fingerprint density at radius 1 is 0.384 bits per heavy atom. The SMILES string of the molecule is CCNc1nc(Nc2cc(NC3=C4C(=O)c5ccccc5C5=C(C(=O)c6cccc(C)c6)C(=O)N(C)C(C=C3)C45)c(C)cc2C)nc(Oc2ccc(C)cc2)n1.CCNc1nc(Nc2cc(NC3=C4C(=O)c5ccccc5C5=C(C(=O)c6cccc(C)c6)C(=O)N(C)C(C=C3)C45)c(C)cc2C)nc(Oc2ccc(C)cc2)n1. The first-order valence-electron chi connectivity index (χ1n) is 37.2.